The Hall–Kier alpha value is -2.77. The lowest BCUT2D eigenvalue weighted by Gasteiger charge is -2.32. The number of unbranched alkanes of at least 4 members (excludes halogenated alkanes) is 1. The van der Waals surface area contributed by atoms with Crippen LogP contribution < -0.4 is 14.9 Å². The van der Waals surface area contributed by atoms with E-state index in [9.17, 15) is 4.79 Å². The molecular weight excluding hydrogens is 407 g/mol. The van der Waals surface area contributed by atoms with E-state index in [2.05, 4.69) is 6.58 Å². The van der Waals surface area contributed by atoms with E-state index in [0.29, 0.717) is 13.2 Å². The molecule has 0 aliphatic carbocycles. The summed E-state index contributed by atoms with van der Waals surface area (Å²) in [4.78, 5) is 11.0. The predicted molar refractivity (Wildman–Crippen MR) is 125 cm³/mol. The van der Waals surface area contributed by atoms with Crippen LogP contribution in [0.2, 0.25) is 0 Å². The maximum absolute atomic E-state index is 11.0. The van der Waals surface area contributed by atoms with E-state index in [4.69, 9.17) is 23.5 Å². The molecular formula is C25H31BO6. The molecule has 0 unspecified atom stereocenters. The summed E-state index contributed by atoms with van der Waals surface area (Å²) in [5.41, 5.74) is 0.225. The van der Waals surface area contributed by atoms with E-state index in [-0.39, 0.29) is 18.3 Å². The van der Waals surface area contributed by atoms with Crippen molar-refractivity contribution >= 4 is 18.6 Å². The number of esters is 1. The van der Waals surface area contributed by atoms with E-state index < -0.39 is 5.97 Å². The van der Waals surface area contributed by atoms with Gasteiger partial charge in [-0.25, -0.2) is 4.79 Å². The van der Waals surface area contributed by atoms with Crippen molar-refractivity contribution in [1.29, 1.82) is 0 Å². The Bertz CT molecular complexity index is 889. The van der Waals surface area contributed by atoms with Gasteiger partial charge in [-0.05, 0) is 82.4 Å². The average Bonchev–Trinajstić information content (AvgIpc) is 2.99. The Morgan fingerprint density at radius 1 is 0.875 bits per heavy atom. The second-order valence-corrected chi connectivity index (χ2v) is 8.66. The molecule has 170 valence electrons. The molecule has 1 heterocycles. The number of hydrogen-bond donors (Lipinski definition) is 0. The Balaban J connectivity index is 1.44. The lowest BCUT2D eigenvalue weighted by molar-refractivity contribution is -0.137. The molecule has 0 saturated carbocycles. The molecule has 0 N–H and O–H groups in total. The Labute approximate surface area is 190 Å². The number of ether oxygens (including phenoxy) is 3. The van der Waals surface area contributed by atoms with Gasteiger partial charge in [-0.1, -0.05) is 18.7 Å². The van der Waals surface area contributed by atoms with Crippen LogP contribution >= 0.6 is 0 Å². The van der Waals surface area contributed by atoms with Crippen molar-refractivity contribution in [2.45, 2.75) is 51.7 Å². The Kier molecular flexibility index (Phi) is 7.64. The van der Waals surface area contributed by atoms with Crippen molar-refractivity contribution < 1.29 is 28.3 Å². The third-order valence-corrected chi connectivity index (χ3v) is 5.68. The van der Waals surface area contributed by atoms with Crippen molar-refractivity contribution in [3.63, 3.8) is 0 Å². The Morgan fingerprint density at radius 3 is 1.94 bits per heavy atom. The molecule has 0 bridgehead atoms. The fraction of sp³-hybridized carbons (Fsp3) is 0.400. The van der Waals surface area contributed by atoms with E-state index in [1.807, 2.05) is 76.2 Å². The topological polar surface area (TPSA) is 63.2 Å². The molecule has 7 heteroatoms. The van der Waals surface area contributed by atoms with E-state index in [0.717, 1.165) is 41.6 Å². The van der Waals surface area contributed by atoms with Crippen LogP contribution in [0.5, 0.6) is 17.2 Å². The summed E-state index contributed by atoms with van der Waals surface area (Å²) in [6.45, 7) is 12.4. The fourth-order valence-corrected chi connectivity index (χ4v) is 3.04. The van der Waals surface area contributed by atoms with Crippen LogP contribution in [-0.2, 0) is 18.8 Å². The van der Waals surface area contributed by atoms with Crippen LogP contribution in [0.3, 0.4) is 0 Å². The maximum atomic E-state index is 11.0. The fourth-order valence-electron chi connectivity index (χ4n) is 3.04. The highest BCUT2D eigenvalue weighted by atomic mass is 16.7. The van der Waals surface area contributed by atoms with E-state index in [1.165, 1.54) is 0 Å². The largest absolute Gasteiger partial charge is 0.494 e. The van der Waals surface area contributed by atoms with Crippen molar-refractivity contribution in [2.24, 2.45) is 0 Å². The molecule has 1 fully saturated rings. The first-order valence-corrected chi connectivity index (χ1v) is 10.9. The first-order valence-electron chi connectivity index (χ1n) is 10.9. The van der Waals surface area contributed by atoms with E-state index >= 15 is 0 Å². The van der Waals surface area contributed by atoms with Gasteiger partial charge in [0.05, 0.1) is 24.4 Å². The minimum Gasteiger partial charge on any atom is -0.494 e. The summed E-state index contributed by atoms with van der Waals surface area (Å²) in [5.74, 6) is 1.81. The Morgan fingerprint density at radius 2 is 1.38 bits per heavy atom. The van der Waals surface area contributed by atoms with Gasteiger partial charge in [0.15, 0.2) is 0 Å². The van der Waals surface area contributed by atoms with Gasteiger partial charge in [-0.15, -0.1) is 0 Å². The molecule has 3 rings (SSSR count). The average molecular weight is 438 g/mol. The zero-order valence-electron chi connectivity index (χ0n) is 19.3. The zero-order chi connectivity index (χ0) is 23.2. The zero-order valence-corrected chi connectivity index (χ0v) is 19.3. The standard InChI is InChI=1S/C25H31BO6/c1-6-23(27)29-18-8-7-17-28-20-13-15-22(16-14-20)30-21-11-9-19(10-12-21)26-31-24(2,3)25(4,5)32-26/h6,9-16H,1,7-8,17-18H2,2-5H3. The first-order chi connectivity index (χ1) is 15.2. The van der Waals surface area contributed by atoms with Gasteiger partial charge in [0, 0.05) is 6.08 Å². The summed E-state index contributed by atoms with van der Waals surface area (Å²) in [6.07, 6.45) is 2.69. The lowest BCUT2D eigenvalue weighted by atomic mass is 9.79. The molecule has 0 radical (unpaired) electrons. The minimum absolute atomic E-state index is 0.366. The molecule has 0 aromatic heterocycles. The molecule has 2 aromatic rings. The van der Waals surface area contributed by atoms with Crippen LogP contribution in [0.25, 0.3) is 0 Å². The summed E-state index contributed by atoms with van der Waals surface area (Å²) in [7, 11) is -0.389. The number of rotatable bonds is 10. The van der Waals surface area contributed by atoms with Gasteiger partial charge >= 0.3 is 13.1 Å². The monoisotopic (exact) mass is 438 g/mol. The number of benzene rings is 2. The van der Waals surface area contributed by atoms with Gasteiger partial charge in [0.25, 0.3) is 0 Å². The summed E-state index contributed by atoms with van der Waals surface area (Å²) in [5, 5.41) is 0. The maximum Gasteiger partial charge on any atom is 0.494 e. The second-order valence-electron chi connectivity index (χ2n) is 8.66. The quantitative estimate of drug-likeness (QED) is 0.233. The van der Waals surface area contributed by atoms with Crippen molar-refractivity contribution in [2.75, 3.05) is 13.2 Å². The van der Waals surface area contributed by atoms with Crippen LogP contribution in [0.1, 0.15) is 40.5 Å². The molecule has 1 aliphatic heterocycles. The van der Waals surface area contributed by atoms with Crippen molar-refractivity contribution in [1.82, 2.24) is 0 Å². The van der Waals surface area contributed by atoms with Crippen LogP contribution in [0.4, 0.5) is 0 Å². The highest BCUT2D eigenvalue weighted by molar-refractivity contribution is 6.62. The molecule has 0 spiro atoms. The van der Waals surface area contributed by atoms with Gasteiger partial charge in [0.1, 0.15) is 17.2 Å². The van der Waals surface area contributed by atoms with E-state index in [1.54, 1.807) is 0 Å². The SMILES string of the molecule is C=CC(=O)OCCCCOc1ccc(Oc2ccc(B3OC(C)(C)C(C)(C)O3)cc2)cc1. The molecule has 32 heavy (non-hydrogen) atoms. The normalized spacial score (nSPS) is 16.4. The summed E-state index contributed by atoms with van der Waals surface area (Å²) >= 11 is 0. The van der Waals surface area contributed by atoms with Gasteiger partial charge < -0.3 is 23.5 Å². The summed E-state index contributed by atoms with van der Waals surface area (Å²) in [6, 6.07) is 15.2. The molecule has 6 nitrogen and oxygen atoms in total. The highest BCUT2D eigenvalue weighted by Crippen LogP contribution is 2.36. The third-order valence-electron chi connectivity index (χ3n) is 5.68. The number of carbonyl (C=O) groups is 1. The number of carbonyl (C=O) groups excluding carboxylic acids is 1. The third kappa shape index (κ3) is 6.14. The van der Waals surface area contributed by atoms with Crippen LogP contribution in [0.15, 0.2) is 61.2 Å². The van der Waals surface area contributed by atoms with Crippen molar-refractivity contribution in [3.8, 4) is 17.2 Å². The van der Waals surface area contributed by atoms with Crippen molar-refractivity contribution in [3.05, 3.63) is 61.2 Å². The van der Waals surface area contributed by atoms with Gasteiger partial charge in [-0.3, -0.25) is 0 Å². The molecule has 0 amide bonds. The summed E-state index contributed by atoms with van der Waals surface area (Å²) < 4.78 is 28.7. The number of hydrogen-bond acceptors (Lipinski definition) is 6. The predicted octanol–water partition coefficient (Wildman–Crippen LogP) is 4.67. The molecule has 0 atom stereocenters. The first kappa shape index (κ1) is 23.9. The smallest absolute Gasteiger partial charge is 0.494 e. The highest BCUT2D eigenvalue weighted by Gasteiger charge is 2.51. The van der Waals surface area contributed by atoms with Gasteiger partial charge in [0.2, 0.25) is 0 Å². The second kappa shape index (κ2) is 10.2. The molecule has 1 saturated heterocycles. The van der Waals surface area contributed by atoms with Gasteiger partial charge in [-0.2, -0.15) is 0 Å². The lowest BCUT2D eigenvalue weighted by Crippen LogP contribution is -2.41. The van der Waals surface area contributed by atoms with Crippen LogP contribution in [-0.4, -0.2) is 37.5 Å². The van der Waals surface area contributed by atoms with Crippen LogP contribution in [0, 0.1) is 0 Å². The molecule has 1 aliphatic rings. The molecule has 2 aromatic carbocycles. The minimum atomic E-state index is -0.399.